The van der Waals surface area contributed by atoms with Gasteiger partial charge >= 0.3 is 6.11 Å². The molecule has 1 aliphatic rings. The molecule has 1 fully saturated rings. The van der Waals surface area contributed by atoms with Gasteiger partial charge in [0.05, 0.1) is 12.7 Å². The van der Waals surface area contributed by atoms with Gasteiger partial charge in [-0.1, -0.05) is 0 Å². The van der Waals surface area contributed by atoms with Crippen LogP contribution in [0.4, 0.5) is 8.78 Å². The van der Waals surface area contributed by atoms with Crippen LogP contribution in [-0.4, -0.2) is 36.1 Å². The fraction of sp³-hybridized carbons (Fsp3) is 1.00. The number of alkyl halides is 2. The maximum Gasteiger partial charge on any atom is 0.384 e. The highest BCUT2D eigenvalue weighted by atomic mass is 19.3. The molecule has 0 unspecified atom stereocenters. The van der Waals surface area contributed by atoms with Crippen LogP contribution in [0, 0.1) is 0 Å². The van der Waals surface area contributed by atoms with E-state index in [-0.39, 0.29) is 12.7 Å². The predicted molar refractivity (Wildman–Crippen MR) is 36.9 cm³/mol. The molecule has 3 nitrogen and oxygen atoms in total. The van der Waals surface area contributed by atoms with Gasteiger partial charge in [-0.2, -0.15) is 8.78 Å². The van der Waals surface area contributed by atoms with Crippen molar-refractivity contribution in [1.29, 1.82) is 0 Å². The van der Waals surface area contributed by atoms with E-state index in [0.717, 1.165) is 0 Å². The van der Waals surface area contributed by atoms with Crippen LogP contribution in [0.5, 0.6) is 0 Å². The zero-order chi connectivity index (χ0) is 9.35. The molecule has 1 aliphatic heterocycles. The Balaban J connectivity index is 2.50. The van der Waals surface area contributed by atoms with E-state index in [9.17, 15) is 8.78 Å². The second-order valence-electron chi connectivity index (χ2n) is 3.04. The van der Waals surface area contributed by atoms with Crippen LogP contribution in [0.2, 0.25) is 0 Å². The lowest BCUT2D eigenvalue weighted by atomic mass is 10.2. The molecule has 5 heteroatoms. The summed E-state index contributed by atoms with van der Waals surface area (Å²) in [5.74, 6) is 0. The summed E-state index contributed by atoms with van der Waals surface area (Å²) in [6, 6.07) is 0. The third-order valence-electron chi connectivity index (χ3n) is 1.58. The fourth-order valence-corrected chi connectivity index (χ4v) is 1.05. The van der Waals surface area contributed by atoms with Crippen molar-refractivity contribution in [3.05, 3.63) is 0 Å². The molecule has 0 radical (unpaired) electrons. The van der Waals surface area contributed by atoms with Gasteiger partial charge in [0, 0.05) is 0 Å². The van der Waals surface area contributed by atoms with Gasteiger partial charge in [0.2, 0.25) is 0 Å². The monoisotopic (exact) mass is 182 g/mol. The Hall–Kier alpha value is -0.260. The molecular weight excluding hydrogens is 170 g/mol. The summed E-state index contributed by atoms with van der Waals surface area (Å²) in [5.41, 5.74) is 0. The maximum atomic E-state index is 12.5. The molecule has 1 heterocycles. The van der Waals surface area contributed by atoms with Gasteiger partial charge in [-0.15, -0.1) is 0 Å². The molecule has 0 aliphatic carbocycles. The smallest absolute Gasteiger partial charge is 0.381 e. The molecule has 1 rings (SSSR count). The van der Waals surface area contributed by atoms with Crippen molar-refractivity contribution in [3.8, 4) is 0 Å². The molecule has 2 atom stereocenters. The second kappa shape index (κ2) is 3.24. The van der Waals surface area contributed by atoms with Gasteiger partial charge in [-0.05, 0) is 13.8 Å². The van der Waals surface area contributed by atoms with Crippen molar-refractivity contribution >= 4 is 0 Å². The third-order valence-corrected chi connectivity index (χ3v) is 1.58. The van der Waals surface area contributed by atoms with Crippen LogP contribution in [0.25, 0.3) is 0 Å². The Morgan fingerprint density at radius 3 is 2.50 bits per heavy atom. The predicted octanol–water partition coefficient (Wildman–Crippen LogP) is 0.764. The van der Waals surface area contributed by atoms with Gasteiger partial charge in [0.25, 0.3) is 0 Å². The highest BCUT2D eigenvalue weighted by Crippen LogP contribution is 2.31. The molecule has 0 aromatic heterocycles. The molecule has 1 saturated heterocycles. The van der Waals surface area contributed by atoms with Gasteiger partial charge in [-0.25, -0.2) is 0 Å². The molecule has 0 bridgehead atoms. The molecule has 0 spiro atoms. The highest BCUT2D eigenvalue weighted by molar-refractivity contribution is 4.83. The van der Waals surface area contributed by atoms with E-state index in [1.807, 2.05) is 0 Å². The average Bonchev–Trinajstić information content (AvgIpc) is 2.15. The molecule has 0 aromatic carbocycles. The first-order chi connectivity index (χ1) is 5.43. The molecule has 0 amide bonds. The van der Waals surface area contributed by atoms with E-state index in [2.05, 4.69) is 4.74 Å². The highest BCUT2D eigenvalue weighted by Gasteiger charge is 2.52. The summed E-state index contributed by atoms with van der Waals surface area (Å²) < 4.78 is 34.0. The molecule has 1 N–H and O–H groups in total. The minimum atomic E-state index is -3.46. The third kappa shape index (κ3) is 1.91. The SMILES string of the molecule is CC(C)O[C@H]1COC(F)(F)[C@H]1O. The Bertz CT molecular complexity index is 161. The molecule has 72 valence electrons. The number of aliphatic hydroxyl groups excluding tert-OH is 1. The standard InChI is InChI=1S/C7H12F2O3/c1-4(2)12-5-3-11-7(8,9)6(5)10/h4-6,10H,3H2,1-2H3/t5-,6-/m0/s1. The number of aliphatic hydroxyl groups is 1. The first-order valence-electron chi connectivity index (χ1n) is 3.79. The summed E-state index contributed by atoms with van der Waals surface area (Å²) in [5, 5.41) is 8.97. The molecule has 12 heavy (non-hydrogen) atoms. The number of hydrogen-bond donors (Lipinski definition) is 1. The lowest BCUT2D eigenvalue weighted by Gasteiger charge is -2.18. The first kappa shape index (κ1) is 9.83. The number of rotatable bonds is 2. The first-order valence-corrected chi connectivity index (χ1v) is 3.79. The Morgan fingerprint density at radius 1 is 1.58 bits per heavy atom. The van der Waals surface area contributed by atoms with E-state index in [1.54, 1.807) is 13.8 Å². The summed E-state index contributed by atoms with van der Waals surface area (Å²) >= 11 is 0. The summed E-state index contributed by atoms with van der Waals surface area (Å²) in [6.45, 7) is 3.17. The van der Waals surface area contributed by atoms with Crippen molar-refractivity contribution in [1.82, 2.24) is 0 Å². The van der Waals surface area contributed by atoms with Crippen LogP contribution in [0.15, 0.2) is 0 Å². The number of halogens is 2. The largest absolute Gasteiger partial charge is 0.384 e. The van der Waals surface area contributed by atoms with E-state index >= 15 is 0 Å². The van der Waals surface area contributed by atoms with Crippen LogP contribution in [-0.2, 0) is 9.47 Å². The molecular formula is C7H12F2O3. The normalized spacial score (nSPS) is 34.5. The lowest BCUT2D eigenvalue weighted by Crippen LogP contribution is -2.37. The molecule has 0 aromatic rings. The maximum absolute atomic E-state index is 12.5. The zero-order valence-corrected chi connectivity index (χ0v) is 6.96. The second-order valence-corrected chi connectivity index (χ2v) is 3.04. The summed E-state index contributed by atoms with van der Waals surface area (Å²) in [7, 11) is 0. The Morgan fingerprint density at radius 2 is 2.17 bits per heavy atom. The topological polar surface area (TPSA) is 38.7 Å². The van der Waals surface area contributed by atoms with Crippen LogP contribution < -0.4 is 0 Å². The number of ether oxygens (including phenoxy) is 2. The number of hydrogen-bond acceptors (Lipinski definition) is 3. The quantitative estimate of drug-likeness (QED) is 0.685. The summed E-state index contributed by atoms with van der Waals surface area (Å²) in [4.78, 5) is 0. The van der Waals surface area contributed by atoms with Gasteiger partial charge < -0.3 is 14.6 Å². The van der Waals surface area contributed by atoms with Crippen LogP contribution in [0.1, 0.15) is 13.8 Å². The zero-order valence-electron chi connectivity index (χ0n) is 6.96. The van der Waals surface area contributed by atoms with Crippen LogP contribution >= 0.6 is 0 Å². The van der Waals surface area contributed by atoms with Gasteiger partial charge in [0.1, 0.15) is 6.10 Å². The minimum absolute atomic E-state index is 0.192. The fourth-order valence-electron chi connectivity index (χ4n) is 1.05. The Labute approximate surface area is 69.3 Å². The van der Waals surface area contributed by atoms with Crippen molar-refractivity contribution in [2.24, 2.45) is 0 Å². The van der Waals surface area contributed by atoms with E-state index < -0.39 is 18.3 Å². The van der Waals surface area contributed by atoms with Crippen molar-refractivity contribution < 1.29 is 23.4 Å². The van der Waals surface area contributed by atoms with E-state index in [4.69, 9.17) is 9.84 Å². The molecule has 0 saturated carbocycles. The Kier molecular flexibility index (Phi) is 2.65. The van der Waals surface area contributed by atoms with Crippen molar-refractivity contribution in [3.63, 3.8) is 0 Å². The summed E-state index contributed by atoms with van der Waals surface area (Å²) in [6.07, 6.45) is -6.42. The van der Waals surface area contributed by atoms with Gasteiger partial charge in [-0.3, -0.25) is 0 Å². The van der Waals surface area contributed by atoms with E-state index in [0.29, 0.717) is 0 Å². The lowest BCUT2D eigenvalue weighted by molar-refractivity contribution is -0.250. The van der Waals surface area contributed by atoms with Crippen LogP contribution in [0.3, 0.4) is 0 Å². The van der Waals surface area contributed by atoms with Crippen molar-refractivity contribution in [2.75, 3.05) is 6.61 Å². The van der Waals surface area contributed by atoms with Crippen molar-refractivity contribution in [2.45, 2.75) is 38.3 Å². The van der Waals surface area contributed by atoms with Gasteiger partial charge in [0.15, 0.2) is 6.10 Å². The minimum Gasteiger partial charge on any atom is -0.381 e. The van der Waals surface area contributed by atoms with E-state index in [1.165, 1.54) is 0 Å². The average molecular weight is 182 g/mol.